The normalized spacial score (nSPS) is 14.6. The van der Waals surface area contributed by atoms with Crippen molar-refractivity contribution >= 4 is 23.0 Å². The number of anilines is 4. The van der Waals surface area contributed by atoms with Crippen LogP contribution < -0.4 is 16.0 Å². The summed E-state index contributed by atoms with van der Waals surface area (Å²) in [7, 11) is 0. The SMILES string of the molecule is Cc1nc(N)cc(Nc2ccc(N3CCCC3)cc2)n1. The summed E-state index contributed by atoms with van der Waals surface area (Å²) >= 11 is 0. The van der Waals surface area contributed by atoms with Gasteiger partial charge in [-0.15, -0.1) is 0 Å². The van der Waals surface area contributed by atoms with Crippen LogP contribution >= 0.6 is 0 Å². The molecule has 1 aliphatic rings. The van der Waals surface area contributed by atoms with E-state index in [-0.39, 0.29) is 0 Å². The first-order chi connectivity index (χ1) is 9.70. The molecule has 3 rings (SSSR count). The third-order valence-electron chi connectivity index (χ3n) is 3.47. The van der Waals surface area contributed by atoms with Crippen LogP contribution in [0.5, 0.6) is 0 Å². The Kier molecular flexibility index (Phi) is 3.41. The van der Waals surface area contributed by atoms with Crippen molar-refractivity contribution in [2.45, 2.75) is 19.8 Å². The van der Waals surface area contributed by atoms with Crippen LogP contribution in [-0.4, -0.2) is 23.1 Å². The number of aryl methyl sites for hydroxylation is 1. The van der Waals surface area contributed by atoms with Crippen LogP contribution in [0.4, 0.5) is 23.0 Å². The van der Waals surface area contributed by atoms with Crippen molar-refractivity contribution in [1.82, 2.24) is 9.97 Å². The van der Waals surface area contributed by atoms with Crippen molar-refractivity contribution in [1.29, 1.82) is 0 Å². The molecule has 1 aromatic carbocycles. The zero-order chi connectivity index (χ0) is 13.9. The molecule has 0 spiro atoms. The number of benzene rings is 1. The van der Waals surface area contributed by atoms with Gasteiger partial charge in [0.15, 0.2) is 0 Å². The number of aromatic nitrogens is 2. The molecule has 3 N–H and O–H groups in total. The quantitative estimate of drug-likeness (QED) is 0.896. The lowest BCUT2D eigenvalue weighted by Crippen LogP contribution is -2.17. The van der Waals surface area contributed by atoms with Gasteiger partial charge in [0.1, 0.15) is 17.5 Å². The van der Waals surface area contributed by atoms with E-state index in [1.165, 1.54) is 18.5 Å². The summed E-state index contributed by atoms with van der Waals surface area (Å²) in [5.41, 5.74) is 8.01. The Labute approximate surface area is 118 Å². The fourth-order valence-electron chi connectivity index (χ4n) is 2.53. The molecule has 2 aromatic rings. The number of rotatable bonds is 3. The molecule has 2 heterocycles. The maximum absolute atomic E-state index is 5.72. The Morgan fingerprint density at radius 2 is 1.80 bits per heavy atom. The Morgan fingerprint density at radius 1 is 1.10 bits per heavy atom. The van der Waals surface area contributed by atoms with Gasteiger partial charge < -0.3 is 16.0 Å². The van der Waals surface area contributed by atoms with Crippen LogP contribution in [0, 0.1) is 6.92 Å². The summed E-state index contributed by atoms with van der Waals surface area (Å²) in [4.78, 5) is 10.8. The van der Waals surface area contributed by atoms with E-state index >= 15 is 0 Å². The van der Waals surface area contributed by atoms with Gasteiger partial charge in [0.05, 0.1) is 0 Å². The van der Waals surface area contributed by atoms with Crippen LogP contribution in [-0.2, 0) is 0 Å². The van der Waals surface area contributed by atoms with Gasteiger partial charge in [-0.1, -0.05) is 0 Å². The van der Waals surface area contributed by atoms with E-state index in [0.29, 0.717) is 11.6 Å². The van der Waals surface area contributed by atoms with Crippen LogP contribution in [0.25, 0.3) is 0 Å². The van der Waals surface area contributed by atoms with Crippen LogP contribution in [0.15, 0.2) is 30.3 Å². The first-order valence-corrected chi connectivity index (χ1v) is 6.94. The molecule has 1 saturated heterocycles. The maximum atomic E-state index is 5.72. The highest BCUT2D eigenvalue weighted by atomic mass is 15.1. The molecule has 0 radical (unpaired) electrons. The topological polar surface area (TPSA) is 67.1 Å². The lowest BCUT2D eigenvalue weighted by molar-refractivity contribution is 0.949. The molecule has 0 aliphatic carbocycles. The zero-order valence-electron chi connectivity index (χ0n) is 11.6. The van der Waals surface area contributed by atoms with Gasteiger partial charge in [0.2, 0.25) is 0 Å². The second-order valence-corrected chi connectivity index (χ2v) is 5.09. The fourth-order valence-corrected chi connectivity index (χ4v) is 2.53. The molecule has 1 fully saturated rings. The summed E-state index contributed by atoms with van der Waals surface area (Å²) in [5, 5.41) is 3.25. The third kappa shape index (κ3) is 2.82. The third-order valence-corrected chi connectivity index (χ3v) is 3.47. The average Bonchev–Trinajstić information content (AvgIpc) is 2.92. The van der Waals surface area contributed by atoms with Crippen molar-refractivity contribution in [2.24, 2.45) is 0 Å². The molecule has 1 aromatic heterocycles. The van der Waals surface area contributed by atoms with Crippen LogP contribution in [0.3, 0.4) is 0 Å². The summed E-state index contributed by atoms with van der Waals surface area (Å²) in [6.07, 6.45) is 2.58. The summed E-state index contributed by atoms with van der Waals surface area (Å²) in [6.45, 7) is 4.15. The van der Waals surface area contributed by atoms with E-state index in [4.69, 9.17) is 5.73 Å². The predicted octanol–water partition coefficient (Wildman–Crippen LogP) is 2.71. The molecule has 0 amide bonds. The summed E-state index contributed by atoms with van der Waals surface area (Å²) in [5.74, 6) is 1.87. The average molecular weight is 269 g/mol. The number of nitrogen functional groups attached to an aromatic ring is 1. The minimum atomic E-state index is 0.480. The van der Waals surface area contributed by atoms with Gasteiger partial charge in [-0.25, -0.2) is 9.97 Å². The number of hydrogen-bond donors (Lipinski definition) is 2. The maximum Gasteiger partial charge on any atom is 0.136 e. The highest BCUT2D eigenvalue weighted by Gasteiger charge is 2.11. The molecular formula is C15H19N5. The monoisotopic (exact) mass is 269 g/mol. The van der Waals surface area contributed by atoms with Gasteiger partial charge in [-0.05, 0) is 44.0 Å². The molecule has 5 heteroatoms. The molecular weight excluding hydrogens is 250 g/mol. The fraction of sp³-hybridized carbons (Fsp3) is 0.333. The minimum absolute atomic E-state index is 0.480. The molecule has 0 atom stereocenters. The first kappa shape index (κ1) is 12.7. The highest BCUT2D eigenvalue weighted by molar-refractivity contribution is 5.62. The summed E-state index contributed by atoms with van der Waals surface area (Å²) in [6, 6.07) is 10.2. The van der Waals surface area contributed by atoms with E-state index in [1.54, 1.807) is 6.07 Å². The number of hydrogen-bond acceptors (Lipinski definition) is 5. The molecule has 20 heavy (non-hydrogen) atoms. The lowest BCUT2D eigenvalue weighted by Gasteiger charge is -2.18. The number of nitrogens with one attached hydrogen (secondary N) is 1. The summed E-state index contributed by atoms with van der Waals surface area (Å²) < 4.78 is 0. The molecule has 104 valence electrons. The van der Waals surface area contributed by atoms with E-state index in [9.17, 15) is 0 Å². The van der Waals surface area contributed by atoms with Crippen molar-refractivity contribution in [3.05, 3.63) is 36.2 Å². The van der Waals surface area contributed by atoms with Crippen LogP contribution in [0.2, 0.25) is 0 Å². The molecule has 0 bridgehead atoms. The van der Waals surface area contributed by atoms with Gasteiger partial charge >= 0.3 is 0 Å². The number of nitrogens with two attached hydrogens (primary N) is 1. The lowest BCUT2D eigenvalue weighted by atomic mass is 10.2. The standard InChI is InChI=1S/C15H19N5/c1-11-17-14(16)10-15(18-11)19-12-4-6-13(7-5-12)20-8-2-3-9-20/h4-7,10H,2-3,8-9H2,1H3,(H3,16,17,18,19). The predicted molar refractivity (Wildman–Crippen MR) is 82.4 cm³/mol. The van der Waals surface area contributed by atoms with Gasteiger partial charge in [-0.2, -0.15) is 0 Å². The minimum Gasteiger partial charge on any atom is -0.384 e. The zero-order valence-corrected chi connectivity index (χ0v) is 11.6. The van der Waals surface area contributed by atoms with E-state index in [0.717, 1.165) is 24.6 Å². The van der Waals surface area contributed by atoms with Gasteiger partial charge in [-0.3, -0.25) is 0 Å². The van der Waals surface area contributed by atoms with E-state index in [1.807, 2.05) is 6.92 Å². The second kappa shape index (κ2) is 5.36. The highest BCUT2D eigenvalue weighted by Crippen LogP contribution is 2.23. The number of nitrogens with zero attached hydrogens (tertiary/aromatic N) is 3. The smallest absolute Gasteiger partial charge is 0.136 e. The van der Waals surface area contributed by atoms with Crippen molar-refractivity contribution in [2.75, 3.05) is 29.0 Å². The van der Waals surface area contributed by atoms with Crippen molar-refractivity contribution in [3.63, 3.8) is 0 Å². The Morgan fingerprint density at radius 3 is 2.45 bits per heavy atom. The van der Waals surface area contributed by atoms with Gasteiger partial charge in [0, 0.05) is 30.5 Å². The van der Waals surface area contributed by atoms with Crippen molar-refractivity contribution < 1.29 is 0 Å². The van der Waals surface area contributed by atoms with Crippen molar-refractivity contribution in [3.8, 4) is 0 Å². The largest absolute Gasteiger partial charge is 0.384 e. The van der Waals surface area contributed by atoms with Gasteiger partial charge in [0.25, 0.3) is 0 Å². The van der Waals surface area contributed by atoms with E-state index < -0.39 is 0 Å². The Bertz CT molecular complexity index is 567. The Balaban J connectivity index is 1.74. The van der Waals surface area contributed by atoms with E-state index in [2.05, 4.69) is 44.5 Å². The first-order valence-electron chi connectivity index (χ1n) is 6.94. The van der Waals surface area contributed by atoms with Crippen LogP contribution in [0.1, 0.15) is 18.7 Å². The molecule has 0 saturated carbocycles. The Hall–Kier alpha value is -2.30. The molecule has 1 aliphatic heterocycles. The molecule has 0 unspecified atom stereocenters. The second-order valence-electron chi connectivity index (χ2n) is 5.09. The molecule has 5 nitrogen and oxygen atoms in total.